The maximum absolute atomic E-state index is 12.6. The lowest BCUT2D eigenvalue weighted by Crippen LogP contribution is -2.28. The van der Waals surface area contributed by atoms with Gasteiger partial charge in [0.15, 0.2) is 0 Å². The molecule has 0 aliphatic heterocycles. The number of hydrogen-bond donors (Lipinski definition) is 3. The molecule has 31 heavy (non-hydrogen) atoms. The summed E-state index contributed by atoms with van der Waals surface area (Å²) in [5.41, 5.74) is 2.51. The standard InChI is InChI=1S/C23H24ClN5O2/c1-23(2,3)21(31)28-22-26-19-18(17-15(24)6-5-7-16(17)25-19)20(27-22)29(4)14-10-8-13(12-30)9-11-14/h5-11,30H,12H2,1-4H3,(H2,25,26,27,28,31). The number of amides is 1. The zero-order chi connectivity index (χ0) is 22.3. The van der Waals surface area contributed by atoms with Crippen molar-refractivity contribution in [2.75, 3.05) is 17.3 Å². The Hall–Kier alpha value is -3.16. The molecule has 4 aromatic rings. The lowest BCUT2D eigenvalue weighted by molar-refractivity contribution is -0.123. The zero-order valence-electron chi connectivity index (χ0n) is 17.8. The van der Waals surface area contributed by atoms with Gasteiger partial charge in [-0.15, -0.1) is 0 Å². The quantitative estimate of drug-likeness (QED) is 0.417. The van der Waals surface area contributed by atoms with Crippen LogP contribution in [0.15, 0.2) is 42.5 Å². The number of carbonyl (C=O) groups excluding carboxylic acids is 1. The Morgan fingerprint density at radius 1 is 1.13 bits per heavy atom. The Balaban J connectivity index is 1.92. The second-order valence-electron chi connectivity index (χ2n) is 8.47. The number of nitrogens with one attached hydrogen (secondary N) is 2. The van der Waals surface area contributed by atoms with E-state index in [2.05, 4.69) is 15.3 Å². The number of rotatable bonds is 4. The van der Waals surface area contributed by atoms with Gasteiger partial charge in [0.05, 0.1) is 17.0 Å². The molecule has 2 aromatic heterocycles. The molecule has 0 saturated carbocycles. The minimum absolute atomic E-state index is 0.0250. The monoisotopic (exact) mass is 437 g/mol. The molecule has 4 rings (SSSR count). The van der Waals surface area contributed by atoms with Gasteiger partial charge in [0.25, 0.3) is 0 Å². The number of halogens is 1. The van der Waals surface area contributed by atoms with Gasteiger partial charge in [0, 0.05) is 29.1 Å². The van der Waals surface area contributed by atoms with Crippen LogP contribution < -0.4 is 10.2 Å². The van der Waals surface area contributed by atoms with E-state index in [-0.39, 0.29) is 18.5 Å². The summed E-state index contributed by atoms with van der Waals surface area (Å²) in [5.74, 6) is 0.635. The summed E-state index contributed by atoms with van der Waals surface area (Å²) in [6.07, 6.45) is 0. The van der Waals surface area contributed by atoms with Crippen LogP contribution in [0.4, 0.5) is 17.5 Å². The van der Waals surface area contributed by atoms with E-state index in [0.29, 0.717) is 16.5 Å². The maximum atomic E-state index is 12.6. The average molecular weight is 438 g/mol. The van der Waals surface area contributed by atoms with E-state index < -0.39 is 5.41 Å². The fraction of sp³-hybridized carbons (Fsp3) is 0.261. The van der Waals surface area contributed by atoms with Crippen LogP contribution in [0.5, 0.6) is 0 Å². The van der Waals surface area contributed by atoms with Crippen LogP contribution in [0.25, 0.3) is 21.9 Å². The molecule has 0 saturated heterocycles. The SMILES string of the molecule is CN(c1ccc(CO)cc1)c1nc(NC(=O)C(C)(C)C)nc2[nH]c3cccc(Cl)c3c12. The van der Waals surface area contributed by atoms with E-state index in [4.69, 9.17) is 16.6 Å². The van der Waals surface area contributed by atoms with Gasteiger partial charge in [-0.3, -0.25) is 10.1 Å². The number of carbonyl (C=O) groups is 1. The first-order valence-corrected chi connectivity index (χ1v) is 10.3. The van der Waals surface area contributed by atoms with E-state index >= 15 is 0 Å². The molecule has 0 spiro atoms. The number of fused-ring (bicyclic) bond motifs is 3. The Morgan fingerprint density at radius 2 is 1.84 bits per heavy atom. The highest BCUT2D eigenvalue weighted by Gasteiger charge is 2.24. The molecule has 0 aliphatic carbocycles. The van der Waals surface area contributed by atoms with Crippen molar-refractivity contribution in [3.8, 4) is 0 Å². The Labute approximate surface area is 185 Å². The van der Waals surface area contributed by atoms with Crippen LogP contribution in [0.2, 0.25) is 5.02 Å². The molecule has 0 unspecified atom stereocenters. The summed E-state index contributed by atoms with van der Waals surface area (Å²) in [5, 5.41) is 14.3. The van der Waals surface area contributed by atoms with Gasteiger partial charge in [-0.2, -0.15) is 9.97 Å². The first-order valence-electron chi connectivity index (χ1n) is 9.92. The fourth-order valence-corrected chi connectivity index (χ4v) is 3.58. The third kappa shape index (κ3) is 3.94. The average Bonchev–Trinajstić information content (AvgIpc) is 3.11. The number of aliphatic hydroxyl groups excluding tert-OH is 1. The summed E-state index contributed by atoms with van der Waals surface area (Å²) in [6.45, 7) is 5.47. The van der Waals surface area contributed by atoms with Crippen molar-refractivity contribution in [2.24, 2.45) is 5.41 Å². The molecule has 1 amide bonds. The van der Waals surface area contributed by atoms with E-state index in [0.717, 1.165) is 27.5 Å². The number of benzene rings is 2. The third-order valence-corrected chi connectivity index (χ3v) is 5.45. The Kier molecular flexibility index (Phi) is 5.33. The molecular weight excluding hydrogens is 414 g/mol. The molecule has 0 atom stereocenters. The van der Waals surface area contributed by atoms with Crippen LogP contribution in [0.3, 0.4) is 0 Å². The molecule has 7 nitrogen and oxygen atoms in total. The van der Waals surface area contributed by atoms with Gasteiger partial charge in [-0.1, -0.05) is 50.6 Å². The minimum Gasteiger partial charge on any atom is -0.392 e. The van der Waals surface area contributed by atoms with Gasteiger partial charge >= 0.3 is 0 Å². The van der Waals surface area contributed by atoms with Crippen LogP contribution in [0.1, 0.15) is 26.3 Å². The Morgan fingerprint density at radius 3 is 2.48 bits per heavy atom. The summed E-state index contributed by atoms with van der Waals surface area (Å²) in [4.78, 5) is 27.0. The third-order valence-electron chi connectivity index (χ3n) is 5.14. The lowest BCUT2D eigenvalue weighted by atomic mass is 9.96. The highest BCUT2D eigenvalue weighted by Crippen LogP contribution is 2.38. The number of aliphatic hydroxyl groups is 1. The number of H-pyrrole nitrogens is 1. The summed E-state index contributed by atoms with van der Waals surface area (Å²) < 4.78 is 0. The van der Waals surface area contributed by atoms with Crippen molar-refractivity contribution in [3.63, 3.8) is 0 Å². The van der Waals surface area contributed by atoms with Crippen LogP contribution in [0, 0.1) is 5.41 Å². The van der Waals surface area contributed by atoms with Crippen LogP contribution in [-0.2, 0) is 11.4 Å². The molecule has 0 fully saturated rings. The molecule has 2 heterocycles. The van der Waals surface area contributed by atoms with E-state index in [1.165, 1.54) is 0 Å². The predicted molar refractivity (Wildman–Crippen MR) is 125 cm³/mol. The van der Waals surface area contributed by atoms with Gasteiger partial charge in [-0.05, 0) is 29.8 Å². The number of aromatic amines is 1. The second-order valence-corrected chi connectivity index (χ2v) is 8.88. The predicted octanol–water partition coefficient (Wildman–Crippen LogP) is 5.01. The zero-order valence-corrected chi connectivity index (χ0v) is 18.6. The highest BCUT2D eigenvalue weighted by atomic mass is 35.5. The normalized spacial score (nSPS) is 11.8. The van der Waals surface area contributed by atoms with Gasteiger partial charge in [0.1, 0.15) is 11.5 Å². The van der Waals surface area contributed by atoms with Crippen molar-refractivity contribution in [1.29, 1.82) is 0 Å². The second kappa shape index (κ2) is 7.83. The molecule has 0 bridgehead atoms. The van der Waals surface area contributed by atoms with Gasteiger partial charge in [0.2, 0.25) is 11.9 Å². The first-order chi connectivity index (χ1) is 14.7. The van der Waals surface area contributed by atoms with Crippen molar-refractivity contribution < 1.29 is 9.90 Å². The summed E-state index contributed by atoms with van der Waals surface area (Å²) in [6, 6.07) is 13.1. The first kappa shape index (κ1) is 21.1. The van der Waals surface area contributed by atoms with E-state index in [1.807, 2.05) is 75.2 Å². The largest absolute Gasteiger partial charge is 0.392 e. The molecule has 0 aliphatic rings. The van der Waals surface area contributed by atoms with E-state index in [1.54, 1.807) is 0 Å². The van der Waals surface area contributed by atoms with Crippen molar-refractivity contribution >= 4 is 56.9 Å². The maximum Gasteiger partial charge on any atom is 0.233 e. The van der Waals surface area contributed by atoms with E-state index in [9.17, 15) is 9.90 Å². The van der Waals surface area contributed by atoms with Crippen molar-refractivity contribution in [2.45, 2.75) is 27.4 Å². The van der Waals surface area contributed by atoms with Crippen LogP contribution >= 0.6 is 11.6 Å². The minimum atomic E-state index is -0.589. The van der Waals surface area contributed by atoms with Crippen molar-refractivity contribution in [3.05, 3.63) is 53.1 Å². The fourth-order valence-electron chi connectivity index (χ4n) is 3.31. The van der Waals surface area contributed by atoms with Crippen LogP contribution in [-0.4, -0.2) is 33.0 Å². The number of aromatic nitrogens is 3. The topological polar surface area (TPSA) is 94.1 Å². The summed E-state index contributed by atoms with van der Waals surface area (Å²) in [7, 11) is 1.89. The molecule has 0 radical (unpaired) electrons. The molecular formula is C23H24ClN5O2. The summed E-state index contributed by atoms with van der Waals surface area (Å²) >= 11 is 6.53. The smallest absolute Gasteiger partial charge is 0.233 e. The number of hydrogen-bond acceptors (Lipinski definition) is 5. The van der Waals surface area contributed by atoms with Gasteiger partial charge in [-0.25, -0.2) is 0 Å². The number of anilines is 3. The molecule has 8 heteroatoms. The number of nitrogens with zero attached hydrogens (tertiary/aromatic N) is 3. The lowest BCUT2D eigenvalue weighted by Gasteiger charge is -2.21. The van der Waals surface area contributed by atoms with Gasteiger partial charge < -0.3 is 15.0 Å². The molecule has 160 valence electrons. The highest BCUT2D eigenvalue weighted by molar-refractivity contribution is 6.38. The van der Waals surface area contributed by atoms with Crippen molar-refractivity contribution in [1.82, 2.24) is 15.0 Å². The Bertz CT molecular complexity index is 1280. The molecule has 3 N–H and O–H groups in total. The molecule has 2 aromatic carbocycles.